The van der Waals surface area contributed by atoms with Gasteiger partial charge in [-0.2, -0.15) is 0 Å². The summed E-state index contributed by atoms with van der Waals surface area (Å²) in [6, 6.07) is 10.5. The van der Waals surface area contributed by atoms with E-state index in [-0.39, 0.29) is 17.5 Å². The van der Waals surface area contributed by atoms with Gasteiger partial charge in [0.2, 0.25) is 0 Å². The fraction of sp³-hybridized carbons (Fsp3) is 0.286. The van der Waals surface area contributed by atoms with E-state index in [4.69, 9.17) is 14.2 Å². The number of methoxy groups -OCH3 is 4. The molecule has 0 fully saturated rings. The van der Waals surface area contributed by atoms with Crippen LogP contribution in [0.3, 0.4) is 0 Å². The van der Waals surface area contributed by atoms with Gasteiger partial charge in [-0.05, 0) is 35.9 Å². The van der Waals surface area contributed by atoms with Crippen LogP contribution in [-0.4, -0.2) is 46.3 Å². The number of hydrogen-bond acceptors (Lipinski definition) is 7. The van der Waals surface area contributed by atoms with Gasteiger partial charge in [0.25, 0.3) is 5.91 Å². The molecule has 154 valence electrons. The number of amides is 1. The maximum absolute atomic E-state index is 12.8. The van der Waals surface area contributed by atoms with Crippen LogP contribution < -0.4 is 14.8 Å². The summed E-state index contributed by atoms with van der Waals surface area (Å²) in [5.74, 6) is -0.523. The second-order valence-electron chi connectivity index (χ2n) is 5.99. The number of esters is 2. The van der Waals surface area contributed by atoms with Crippen molar-refractivity contribution in [1.82, 2.24) is 5.32 Å². The Labute approximate surface area is 168 Å². The van der Waals surface area contributed by atoms with E-state index < -0.39 is 23.9 Å². The third-order valence-electron chi connectivity index (χ3n) is 4.26. The van der Waals surface area contributed by atoms with Crippen molar-refractivity contribution in [3.63, 3.8) is 0 Å². The lowest BCUT2D eigenvalue weighted by Gasteiger charge is -2.20. The number of benzene rings is 2. The molecule has 2 aromatic carbocycles. The van der Waals surface area contributed by atoms with Crippen LogP contribution in [0.2, 0.25) is 0 Å². The first-order chi connectivity index (χ1) is 13.9. The molecule has 1 N–H and O–H groups in total. The molecule has 0 saturated heterocycles. The van der Waals surface area contributed by atoms with E-state index in [1.807, 2.05) is 0 Å². The maximum Gasteiger partial charge on any atom is 0.337 e. The van der Waals surface area contributed by atoms with Gasteiger partial charge in [0.1, 0.15) is 0 Å². The predicted octanol–water partition coefficient (Wildman–Crippen LogP) is 2.52. The molecule has 1 atom stereocenters. The lowest BCUT2D eigenvalue weighted by Crippen LogP contribution is -2.30. The molecule has 2 aromatic rings. The van der Waals surface area contributed by atoms with Crippen molar-refractivity contribution in [2.24, 2.45) is 0 Å². The molecule has 1 amide bonds. The minimum absolute atomic E-state index is 0.0889. The number of nitrogens with one attached hydrogen (secondary N) is 1. The molecule has 8 nitrogen and oxygen atoms in total. The van der Waals surface area contributed by atoms with Crippen molar-refractivity contribution in [2.75, 3.05) is 28.4 Å². The molecule has 29 heavy (non-hydrogen) atoms. The Morgan fingerprint density at radius 2 is 1.55 bits per heavy atom. The van der Waals surface area contributed by atoms with Gasteiger partial charge in [-0.1, -0.05) is 12.1 Å². The second kappa shape index (κ2) is 10.1. The summed E-state index contributed by atoms with van der Waals surface area (Å²) in [6.45, 7) is 0. The summed E-state index contributed by atoms with van der Waals surface area (Å²) >= 11 is 0. The average Bonchev–Trinajstić information content (AvgIpc) is 2.77. The van der Waals surface area contributed by atoms with Crippen LogP contribution in [0.25, 0.3) is 0 Å². The zero-order chi connectivity index (χ0) is 21.4. The Morgan fingerprint density at radius 1 is 0.862 bits per heavy atom. The second-order valence-corrected chi connectivity index (χ2v) is 5.99. The normalized spacial score (nSPS) is 11.2. The van der Waals surface area contributed by atoms with Crippen LogP contribution in [0, 0.1) is 0 Å². The Hall–Kier alpha value is -3.55. The van der Waals surface area contributed by atoms with E-state index in [0.717, 1.165) is 0 Å². The molecular formula is C21H23NO7. The number of ether oxygens (including phenoxy) is 4. The fourth-order valence-corrected chi connectivity index (χ4v) is 2.72. The summed E-state index contributed by atoms with van der Waals surface area (Å²) in [6.07, 6.45) is -0.0889. The lowest BCUT2D eigenvalue weighted by atomic mass is 10.0. The van der Waals surface area contributed by atoms with Crippen molar-refractivity contribution in [3.05, 3.63) is 59.2 Å². The van der Waals surface area contributed by atoms with E-state index in [9.17, 15) is 14.4 Å². The topological polar surface area (TPSA) is 100 Å². The van der Waals surface area contributed by atoms with Crippen LogP contribution in [-0.2, 0) is 14.3 Å². The van der Waals surface area contributed by atoms with Gasteiger partial charge in [0, 0.05) is 5.56 Å². The Morgan fingerprint density at radius 3 is 2.17 bits per heavy atom. The highest BCUT2D eigenvalue weighted by Crippen LogP contribution is 2.31. The van der Waals surface area contributed by atoms with Crippen LogP contribution in [0.4, 0.5) is 0 Å². The molecule has 0 heterocycles. The van der Waals surface area contributed by atoms with E-state index in [0.29, 0.717) is 17.1 Å². The molecule has 0 spiro atoms. The van der Waals surface area contributed by atoms with Crippen molar-refractivity contribution in [1.29, 1.82) is 0 Å². The summed E-state index contributed by atoms with van der Waals surface area (Å²) in [4.78, 5) is 36.4. The first kappa shape index (κ1) is 21.7. The maximum atomic E-state index is 12.8. The number of carbonyl (C=O) groups is 3. The molecule has 2 rings (SSSR count). The largest absolute Gasteiger partial charge is 0.493 e. The summed E-state index contributed by atoms with van der Waals surface area (Å²) in [7, 11) is 5.54. The Balaban J connectivity index is 2.33. The van der Waals surface area contributed by atoms with Gasteiger partial charge in [-0.25, -0.2) is 4.79 Å². The van der Waals surface area contributed by atoms with Crippen LogP contribution in [0.1, 0.15) is 38.7 Å². The van der Waals surface area contributed by atoms with Crippen molar-refractivity contribution in [2.45, 2.75) is 12.5 Å². The van der Waals surface area contributed by atoms with E-state index in [1.54, 1.807) is 36.4 Å². The zero-order valence-corrected chi connectivity index (χ0v) is 16.7. The quantitative estimate of drug-likeness (QED) is 0.679. The van der Waals surface area contributed by atoms with Crippen molar-refractivity contribution >= 4 is 17.8 Å². The fourth-order valence-electron chi connectivity index (χ4n) is 2.72. The minimum atomic E-state index is -0.684. The Kier molecular flexibility index (Phi) is 7.59. The number of carbonyl (C=O) groups excluding carboxylic acids is 3. The SMILES string of the molecule is COC(=O)CC(NC(=O)c1cccc(C(=O)OC)c1)c1ccc(OC)c(OC)c1. The summed E-state index contributed by atoms with van der Waals surface area (Å²) in [5, 5.41) is 2.80. The molecular weight excluding hydrogens is 378 g/mol. The van der Waals surface area contributed by atoms with Crippen LogP contribution >= 0.6 is 0 Å². The summed E-state index contributed by atoms with van der Waals surface area (Å²) in [5.41, 5.74) is 1.13. The van der Waals surface area contributed by atoms with Gasteiger partial charge >= 0.3 is 11.9 Å². The zero-order valence-electron chi connectivity index (χ0n) is 16.7. The van der Waals surface area contributed by atoms with Gasteiger partial charge < -0.3 is 24.3 Å². The van der Waals surface area contributed by atoms with Gasteiger partial charge in [-0.15, -0.1) is 0 Å². The molecule has 0 aliphatic carbocycles. The first-order valence-electron chi connectivity index (χ1n) is 8.71. The van der Waals surface area contributed by atoms with Crippen LogP contribution in [0.5, 0.6) is 11.5 Å². The summed E-state index contributed by atoms with van der Waals surface area (Å²) < 4.78 is 19.9. The molecule has 0 aromatic heterocycles. The van der Waals surface area contributed by atoms with Gasteiger partial charge in [0.15, 0.2) is 11.5 Å². The highest BCUT2D eigenvalue weighted by Gasteiger charge is 2.22. The predicted molar refractivity (Wildman–Crippen MR) is 104 cm³/mol. The van der Waals surface area contributed by atoms with Gasteiger partial charge in [-0.3, -0.25) is 9.59 Å². The average molecular weight is 401 g/mol. The molecule has 0 saturated carbocycles. The van der Waals surface area contributed by atoms with E-state index in [2.05, 4.69) is 10.1 Å². The van der Waals surface area contributed by atoms with Gasteiger partial charge in [0.05, 0.1) is 46.5 Å². The monoisotopic (exact) mass is 401 g/mol. The lowest BCUT2D eigenvalue weighted by molar-refractivity contribution is -0.141. The first-order valence-corrected chi connectivity index (χ1v) is 8.71. The minimum Gasteiger partial charge on any atom is -0.493 e. The molecule has 0 aliphatic heterocycles. The van der Waals surface area contributed by atoms with E-state index in [1.165, 1.54) is 34.5 Å². The molecule has 0 aliphatic rings. The smallest absolute Gasteiger partial charge is 0.337 e. The van der Waals surface area contributed by atoms with Crippen LogP contribution in [0.15, 0.2) is 42.5 Å². The van der Waals surface area contributed by atoms with Crippen molar-refractivity contribution < 1.29 is 33.3 Å². The third-order valence-corrected chi connectivity index (χ3v) is 4.26. The molecule has 0 radical (unpaired) electrons. The van der Waals surface area contributed by atoms with Crippen molar-refractivity contribution in [3.8, 4) is 11.5 Å². The highest BCUT2D eigenvalue weighted by molar-refractivity contribution is 5.98. The highest BCUT2D eigenvalue weighted by atomic mass is 16.5. The Bertz CT molecular complexity index is 894. The van der Waals surface area contributed by atoms with E-state index >= 15 is 0 Å². The number of rotatable bonds is 8. The third kappa shape index (κ3) is 5.47. The molecule has 8 heteroatoms. The molecule has 1 unspecified atom stereocenters. The number of hydrogen-bond donors (Lipinski definition) is 1. The standard InChI is InChI=1S/C21H23NO7/c1-26-17-9-8-13(11-18(17)27-2)16(12-19(23)28-3)22-20(24)14-6-5-7-15(10-14)21(25)29-4/h5-11,16H,12H2,1-4H3,(H,22,24). The molecule has 0 bridgehead atoms.